The Morgan fingerprint density at radius 3 is 2.42 bits per heavy atom. The van der Waals surface area contributed by atoms with E-state index in [4.69, 9.17) is 34.8 Å². The Bertz CT molecular complexity index is 626. The number of carbonyl (C=O) groups is 1. The smallest absolute Gasteiger partial charge is 0.256 e. The van der Waals surface area contributed by atoms with Crippen LogP contribution in [-0.4, -0.2) is 15.9 Å². The van der Waals surface area contributed by atoms with Gasteiger partial charge in [0.05, 0.1) is 0 Å². The third kappa shape index (κ3) is 2.97. The van der Waals surface area contributed by atoms with Gasteiger partial charge in [-0.15, -0.1) is 0 Å². The second-order valence-corrected chi connectivity index (χ2v) is 4.82. The Morgan fingerprint density at radius 2 is 1.79 bits per heavy atom. The molecule has 2 aromatic rings. The highest BCUT2D eigenvalue weighted by Crippen LogP contribution is 2.27. The third-order valence-corrected chi connectivity index (χ3v) is 3.49. The van der Waals surface area contributed by atoms with Crippen LogP contribution in [0.15, 0.2) is 24.5 Å². The van der Waals surface area contributed by atoms with Crippen LogP contribution in [0.2, 0.25) is 15.3 Å². The quantitative estimate of drug-likeness (QED) is 0.852. The lowest BCUT2D eigenvalue weighted by Crippen LogP contribution is -2.14. The minimum Gasteiger partial charge on any atom is -0.317 e. The van der Waals surface area contributed by atoms with Crippen LogP contribution in [0.4, 0.5) is 5.69 Å². The van der Waals surface area contributed by atoms with Gasteiger partial charge in [-0.25, -0.2) is 9.97 Å². The molecule has 1 amide bonds. The van der Waals surface area contributed by atoms with E-state index >= 15 is 0 Å². The predicted octanol–water partition coefficient (Wildman–Crippen LogP) is 4.00. The van der Waals surface area contributed by atoms with Gasteiger partial charge < -0.3 is 5.32 Å². The molecule has 0 unspecified atom stereocenters. The zero-order chi connectivity index (χ0) is 14.0. The van der Waals surface area contributed by atoms with Crippen molar-refractivity contribution >= 4 is 46.4 Å². The van der Waals surface area contributed by atoms with Gasteiger partial charge in [-0.1, -0.05) is 40.9 Å². The van der Waals surface area contributed by atoms with Crippen LogP contribution in [0.1, 0.15) is 15.9 Å². The maximum absolute atomic E-state index is 12.1. The normalized spacial score (nSPS) is 10.3. The molecule has 1 N–H and O–H groups in total. The van der Waals surface area contributed by atoms with Gasteiger partial charge in [0.25, 0.3) is 5.91 Å². The van der Waals surface area contributed by atoms with Crippen LogP contribution in [0.25, 0.3) is 0 Å². The number of hydrogen-bond donors (Lipinski definition) is 1. The maximum Gasteiger partial charge on any atom is 0.256 e. The average Bonchev–Trinajstić information content (AvgIpc) is 2.37. The van der Waals surface area contributed by atoms with Crippen molar-refractivity contribution in [2.75, 3.05) is 5.32 Å². The number of anilines is 1. The van der Waals surface area contributed by atoms with Gasteiger partial charge in [0, 0.05) is 10.6 Å². The molecular formula is C12H8Cl3N3O. The van der Waals surface area contributed by atoms with Crippen LogP contribution in [-0.2, 0) is 0 Å². The monoisotopic (exact) mass is 315 g/mol. The fourth-order valence-electron chi connectivity index (χ4n) is 1.48. The molecule has 0 radical (unpaired) electrons. The molecule has 19 heavy (non-hydrogen) atoms. The summed E-state index contributed by atoms with van der Waals surface area (Å²) in [6.07, 6.45) is 1.21. The summed E-state index contributed by atoms with van der Waals surface area (Å²) < 4.78 is 0. The second-order valence-electron chi connectivity index (χ2n) is 3.70. The van der Waals surface area contributed by atoms with E-state index in [0.29, 0.717) is 16.1 Å². The number of hydrogen-bond acceptors (Lipinski definition) is 3. The standard InChI is InChI=1S/C12H8Cl3N3O/c1-6-7(3-2-4-8(6)13)12(19)18-9-10(14)16-5-17-11(9)15/h2-5H,1H3,(H,18,19). The molecule has 1 aromatic heterocycles. The third-order valence-electron chi connectivity index (χ3n) is 2.51. The molecule has 4 nitrogen and oxygen atoms in total. The lowest BCUT2D eigenvalue weighted by Gasteiger charge is -2.10. The summed E-state index contributed by atoms with van der Waals surface area (Å²) in [6.45, 7) is 1.75. The summed E-state index contributed by atoms with van der Waals surface area (Å²) in [5, 5.41) is 3.24. The molecule has 0 fully saturated rings. The molecule has 0 aliphatic carbocycles. The summed E-state index contributed by atoms with van der Waals surface area (Å²) >= 11 is 17.7. The largest absolute Gasteiger partial charge is 0.317 e. The van der Waals surface area contributed by atoms with Crippen LogP contribution in [0, 0.1) is 6.92 Å². The van der Waals surface area contributed by atoms with Crippen molar-refractivity contribution in [3.63, 3.8) is 0 Å². The molecule has 7 heteroatoms. The summed E-state index contributed by atoms with van der Waals surface area (Å²) in [5.41, 5.74) is 1.28. The minimum atomic E-state index is -0.376. The van der Waals surface area contributed by atoms with Crippen molar-refractivity contribution in [2.45, 2.75) is 6.92 Å². The number of amides is 1. The number of nitrogens with one attached hydrogen (secondary N) is 1. The van der Waals surface area contributed by atoms with Gasteiger partial charge in [0.2, 0.25) is 0 Å². The van der Waals surface area contributed by atoms with E-state index in [1.807, 2.05) is 0 Å². The van der Waals surface area contributed by atoms with E-state index < -0.39 is 0 Å². The number of halogens is 3. The molecule has 2 rings (SSSR count). The van der Waals surface area contributed by atoms with Crippen LogP contribution < -0.4 is 5.32 Å². The van der Waals surface area contributed by atoms with Crippen LogP contribution in [0.5, 0.6) is 0 Å². The summed E-state index contributed by atoms with van der Waals surface area (Å²) in [4.78, 5) is 19.7. The second kappa shape index (κ2) is 5.74. The minimum absolute atomic E-state index is 0.0769. The predicted molar refractivity (Wildman–Crippen MR) is 76.2 cm³/mol. The molecule has 0 saturated carbocycles. The molecule has 0 saturated heterocycles. The first-order valence-electron chi connectivity index (χ1n) is 5.23. The molecule has 0 spiro atoms. The Morgan fingerprint density at radius 1 is 1.16 bits per heavy atom. The van der Waals surface area contributed by atoms with E-state index in [1.54, 1.807) is 25.1 Å². The van der Waals surface area contributed by atoms with E-state index in [0.717, 1.165) is 0 Å². The number of rotatable bonds is 2. The lowest BCUT2D eigenvalue weighted by atomic mass is 10.1. The van der Waals surface area contributed by atoms with Crippen molar-refractivity contribution < 1.29 is 4.79 Å². The first-order chi connectivity index (χ1) is 9.00. The van der Waals surface area contributed by atoms with Gasteiger partial charge in [0.1, 0.15) is 12.0 Å². The molecule has 98 valence electrons. The van der Waals surface area contributed by atoms with E-state index in [-0.39, 0.29) is 21.9 Å². The van der Waals surface area contributed by atoms with Crippen LogP contribution >= 0.6 is 34.8 Å². The van der Waals surface area contributed by atoms with Gasteiger partial charge in [-0.3, -0.25) is 4.79 Å². The molecule has 0 atom stereocenters. The van der Waals surface area contributed by atoms with Crippen molar-refractivity contribution in [1.82, 2.24) is 9.97 Å². The molecule has 0 aliphatic rings. The molecule has 0 bridgehead atoms. The Kier molecular flexibility index (Phi) is 4.24. The highest BCUT2D eigenvalue weighted by molar-refractivity contribution is 6.38. The molecular weight excluding hydrogens is 309 g/mol. The number of nitrogens with zero attached hydrogens (tertiary/aromatic N) is 2. The molecule has 1 aromatic carbocycles. The number of benzene rings is 1. The summed E-state index contributed by atoms with van der Waals surface area (Å²) in [6, 6.07) is 5.05. The van der Waals surface area contributed by atoms with Gasteiger partial charge in [0.15, 0.2) is 10.3 Å². The lowest BCUT2D eigenvalue weighted by molar-refractivity contribution is 0.102. The number of aromatic nitrogens is 2. The topological polar surface area (TPSA) is 54.9 Å². The van der Waals surface area contributed by atoms with Crippen molar-refractivity contribution in [1.29, 1.82) is 0 Å². The molecule has 1 heterocycles. The zero-order valence-corrected chi connectivity index (χ0v) is 12.0. The highest BCUT2D eigenvalue weighted by atomic mass is 35.5. The van der Waals surface area contributed by atoms with E-state index in [9.17, 15) is 4.79 Å². The van der Waals surface area contributed by atoms with Gasteiger partial charge >= 0.3 is 0 Å². The van der Waals surface area contributed by atoms with E-state index in [2.05, 4.69) is 15.3 Å². The maximum atomic E-state index is 12.1. The average molecular weight is 317 g/mol. The zero-order valence-electron chi connectivity index (χ0n) is 9.75. The van der Waals surface area contributed by atoms with Gasteiger partial charge in [-0.05, 0) is 24.6 Å². The summed E-state index contributed by atoms with van der Waals surface area (Å²) in [5.74, 6) is -0.376. The summed E-state index contributed by atoms with van der Waals surface area (Å²) in [7, 11) is 0. The van der Waals surface area contributed by atoms with Crippen molar-refractivity contribution in [3.05, 3.63) is 51.0 Å². The van der Waals surface area contributed by atoms with Crippen LogP contribution in [0.3, 0.4) is 0 Å². The SMILES string of the molecule is Cc1c(Cl)cccc1C(=O)Nc1c(Cl)ncnc1Cl. The fourth-order valence-corrected chi connectivity index (χ4v) is 2.07. The van der Waals surface area contributed by atoms with Crippen molar-refractivity contribution in [3.8, 4) is 0 Å². The molecule has 0 aliphatic heterocycles. The Balaban J connectivity index is 2.34. The van der Waals surface area contributed by atoms with E-state index in [1.165, 1.54) is 6.33 Å². The van der Waals surface area contributed by atoms with Crippen molar-refractivity contribution in [2.24, 2.45) is 0 Å². The highest BCUT2D eigenvalue weighted by Gasteiger charge is 2.15. The Hall–Kier alpha value is -1.36. The Labute approximate surface area is 124 Å². The first kappa shape index (κ1) is 14.1. The number of carbonyl (C=O) groups excluding carboxylic acids is 1. The van der Waals surface area contributed by atoms with Gasteiger partial charge in [-0.2, -0.15) is 0 Å². The fraction of sp³-hybridized carbons (Fsp3) is 0.0833. The first-order valence-corrected chi connectivity index (χ1v) is 6.36.